The van der Waals surface area contributed by atoms with E-state index >= 15 is 0 Å². The number of nitrogens with one attached hydrogen (secondary N) is 1. The molecule has 2 heteroatoms. The van der Waals surface area contributed by atoms with Crippen molar-refractivity contribution in [1.29, 1.82) is 0 Å². The fourth-order valence-electron chi connectivity index (χ4n) is 2.22. The van der Waals surface area contributed by atoms with Gasteiger partial charge in [-0.15, -0.1) is 0 Å². The van der Waals surface area contributed by atoms with Crippen LogP contribution in [-0.4, -0.2) is 11.5 Å². The van der Waals surface area contributed by atoms with Gasteiger partial charge in [-0.25, -0.2) is 0 Å². The third-order valence-electron chi connectivity index (χ3n) is 3.06. The van der Waals surface area contributed by atoms with E-state index in [-0.39, 0.29) is 0 Å². The Bertz CT molecular complexity index is 491. The SMILES string of the molecule is CCNC(c1cnc2ccccc2c1)C(C)C. The van der Waals surface area contributed by atoms with Crippen molar-refractivity contribution in [2.75, 3.05) is 6.54 Å². The first kappa shape index (κ1) is 12.1. The van der Waals surface area contributed by atoms with E-state index in [2.05, 4.69) is 55.3 Å². The third-order valence-corrected chi connectivity index (χ3v) is 3.06. The fraction of sp³-hybridized carbons (Fsp3) is 0.400. The van der Waals surface area contributed by atoms with Crippen LogP contribution in [0.3, 0.4) is 0 Å². The minimum Gasteiger partial charge on any atom is -0.310 e. The Labute approximate surface area is 103 Å². The number of hydrogen-bond donors (Lipinski definition) is 1. The zero-order valence-electron chi connectivity index (χ0n) is 10.8. The first-order chi connectivity index (χ1) is 8.22. The number of rotatable bonds is 4. The number of para-hydroxylation sites is 1. The van der Waals surface area contributed by atoms with Crippen molar-refractivity contribution in [3.8, 4) is 0 Å². The minimum atomic E-state index is 0.386. The average molecular weight is 228 g/mol. The van der Waals surface area contributed by atoms with Crippen LogP contribution in [0, 0.1) is 5.92 Å². The van der Waals surface area contributed by atoms with Gasteiger partial charge in [-0.2, -0.15) is 0 Å². The van der Waals surface area contributed by atoms with Crippen LogP contribution < -0.4 is 5.32 Å². The Balaban J connectivity index is 2.40. The zero-order valence-corrected chi connectivity index (χ0v) is 10.8. The van der Waals surface area contributed by atoms with Crippen LogP contribution in [0.25, 0.3) is 10.9 Å². The molecule has 90 valence electrons. The smallest absolute Gasteiger partial charge is 0.0702 e. The van der Waals surface area contributed by atoms with E-state index < -0.39 is 0 Å². The largest absolute Gasteiger partial charge is 0.310 e. The molecule has 0 radical (unpaired) electrons. The number of nitrogens with zero attached hydrogens (tertiary/aromatic N) is 1. The second kappa shape index (κ2) is 5.28. The summed E-state index contributed by atoms with van der Waals surface area (Å²) in [5, 5.41) is 4.74. The van der Waals surface area contributed by atoms with Crippen LogP contribution in [0.15, 0.2) is 36.5 Å². The third kappa shape index (κ3) is 2.64. The van der Waals surface area contributed by atoms with Crippen LogP contribution >= 0.6 is 0 Å². The van der Waals surface area contributed by atoms with Gasteiger partial charge in [-0.3, -0.25) is 4.98 Å². The lowest BCUT2D eigenvalue weighted by molar-refractivity contribution is 0.421. The van der Waals surface area contributed by atoms with Crippen molar-refractivity contribution in [3.05, 3.63) is 42.1 Å². The van der Waals surface area contributed by atoms with Gasteiger partial charge in [0.25, 0.3) is 0 Å². The summed E-state index contributed by atoms with van der Waals surface area (Å²) in [5.74, 6) is 0.568. The average Bonchev–Trinajstić information content (AvgIpc) is 2.35. The van der Waals surface area contributed by atoms with E-state index in [1.807, 2.05) is 12.3 Å². The van der Waals surface area contributed by atoms with E-state index in [1.54, 1.807) is 0 Å². The van der Waals surface area contributed by atoms with Gasteiger partial charge in [-0.05, 0) is 30.2 Å². The molecule has 1 heterocycles. The van der Waals surface area contributed by atoms with Crippen LogP contribution in [0.4, 0.5) is 0 Å². The summed E-state index contributed by atoms with van der Waals surface area (Å²) in [6, 6.07) is 10.9. The number of fused-ring (bicyclic) bond motifs is 1. The van der Waals surface area contributed by atoms with Crippen molar-refractivity contribution in [3.63, 3.8) is 0 Å². The standard InChI is InChI=1S/C15H20N2/c1-4-16-15(11(2)3)13-9-12-7-5-6-8-14(12)17-10-13/h5-11,15-16H,4H2,1-3H3. The highest BCUT2D eigenvalue weighted by Gasteiger charge is 2.14. The van der Waals surface area contributed by atoms with E-state index in [0.717, 1.165) is 12.1 Å². The Morgan fingerprint density at radius 2 is 2.00 bits per heavy atom. The van der Waals surface area contributed by atoms with Gasteiger partial charge in [0, 0.05) is 17.6 Å². The monoisotopic (exact) mass is 228 g/mol. The molecule has 1 aromatic heterocycles. The lowest BCUT2D eigenvalue weighted by Gasteiger charge is -2.22. The molecule has 2 rings (SSSR count). The summed E-state index contributed by atoms with van der Waals surface area (Å²) in [7, 11) is 0. The summed E-state index contributed by atoms with van der Waals surface area (Å²) in [6.07, 6.45) is 2.00. The predicted molar refractivity (Wildman–Crippen MR) is 73.0 cm³/mol. The van der Waals surface area contributed by atoms with Gasteiger partial charge in [0.05, 0.1) is 5.52 Å². The van der Waals surface area contributed by atoms with Crippen molar-refractivity contribution in [2.24, 2.45) is 5.92 Å². The normalized spacial score (nSPS) is 13.2. The van der Waals surface area contributed by atoms with E-state index in [0.29, 0.717) is 12.0 Å². The maximum Gasteiger partial charge on any atom is 0.0702 e. The van der Waals surface area contributed by atoms with Crippen molar-refractivity contribution in [2.45, 2.75) is 26.8 Å². The lowest BCUT2D eigenvalue weighted by atomic mass is 9.96. The molecular formula is C15H20N2. The summed E-state index contributed by atoms with van der Waals surface area (Å²) in [4.78, 5) is 4.53. The van der Waals surface area contributed by atoms with Crippen LogP contribution in [0.2, 0.25) is 0 Å². The minimum absolute atomic E-state index is 0.386. The quantitative estimate of drug-likeness (QED) is 0.865. The second-order valence-electron chi connectivity index (χ2n) is 4.74. The van der Waals surface area contributed by atoms with E-state index in [9.17, 15) is 0 Å². The molecular weight excluding hydrogens is 208 g/mol. The Kier molecular flexibility index (Phi) is 3.75. The predicted octanol–water partition coefficient (Wildman–Crippen LogP) is 3.54. The van der Waals surface area contributed by atoms with Gasteiger partial charge < -0.3 is 5.32 Å². The second-order valence-corrected chi connectivity index (χ2v) is 4.74. The molecule has 0 bridgehead atoms. The molecule has 1 N–H and O–H groups in total. The van der Waals surface area contributed by atoms with E-state index in [4.69, 9.17) is 0 Å². The summed E-state index contributed by atoms with van der Waals surface area (Å²) in [5.41, 5.74) is 2.34. The molecule has 1 atom stereocenters. The summed E-state index contributed by atoms with van der Waals surface area (Å²) in [6.45, 7) is 7.60. The molecule has 0 aliphatic carbocycles. The molecule has 1 aromatic carbocycles. The Morgan fingerprint density at radius 1 is 1.24 bits per heavy atom. The molecule has 17 heavy (non-hydrogen) atoms. The van der Waals surface area contributed by atoms with Crippen molar-refractivity contribution >= 4 is 10.9 Å². The molecule has 0 aliphatic heterocycles. The number of hydrogen-bond acceptors (Lipinski definition) is 2. The highest BCUT2D eigenvalue weighted by Crippen LogP contribution is 2.23. The van der Waals surface area contributed by atoms with Crippen LogP contribution in [0.5, 0.6) is 0 Å². The first-order valence-corrected chi connectivity index (χ1v) is 6.30. The Morgan fingerprint density at radius 3 is 2.71 bits per heavy atom. The van der Waals surface area contributed by atoms with Crippen LogP contribution in [0.1, 0.15) is 32.4 Å². The van der Waals surface area contributed by atoms with Gasteiger partial charge in [0.15, 0.2) is 0 Å². The summed E-state index contributed by atoms with van der Waals surface area (Å²) < 4.78 is 0. The molecule has 0 spiro atoms. The topological polar surface area (TPSA) is 24.9 Å². The molecule has 0 aliphatic rings. The maximum atomic E-state index is 4.53. The van der Waals surface area contributed by atoms with Gasteiger partial charge >= 0.3 is 0 Å². The van der Waals surface area contributed by atoms with Gasteiger partial charge in [0.1, 0.15) is 0 Å². The first-order valence-electron chi connectivity index (χ1n) is 6.30. The maximum absolute atomic E-state index is 4.53. The van der Waals surface area contributed by atoms with E-state index in [1.165, 1.54) is 10.9 Å². The number of pyridine rings is 1. The molecule has 0 saturated carbocycles. The molecule has 2 aromatic rings. The molecule has 0 saturated heterocycles. The highest BCUT2D eigenvalue weighted by atomic mass is 14.9. The lowest BCUT2D eigenvalue weighted by Crippen LogP contribution is -2.25. The van der Waals surface area contributed by atoms with Crippen molar-refractivity contribution in [1.82, 2.24) is 10.3 Å². The molecule has 1 unspecified atom stereocenters. The van der Waals surface area contributed by atoms with Gasteiger partial charge in [0.2, 0.25) is 0 Å². The number of aromatic nitrogens is 1. The molecule has 0 amide bonds. The Hall–Kier alpha value is -1.41. The molecule has 2 nitrogen and oxygen atoms in total. The molecule has 0 fully saturated rings. The van der Waals surface area contributed by atoms with Crippen molar-refractivity contribution < 1.29 is 0 Å². The van der Waals surface area contributed by atoms with Gasteiger partial charge in [-0.1, -0.05) is 39.0 Å². The fourth-order valence-corrected chi connectivity index (χ4v) is 2.22. The summed E-state index contributed by atoms with van der Waals surface area (Å²) >= 11 is 0. The highest BCUT2D eigenvalue weighted by molar-refractivity contribution is 5.78. The number of benzene rings is 1. The van der Waals surface area contributed by atoms with Crippen LogP contribution in [-0.2, 0) is 0 Å². The zero-order chi connectivity index (χ0) is 12.3.